The molecule has 1 aromatic heterocycles. The predicted molar refractivity (Wildman–Crippen MR) is 150 cm³/mol. The summed E-state index contributed by atoms with van der Waals surface area (Å²) < 4.78 is 17.5. The van der Waals surface area contributed by atoms with Crippen LogP contribution < -0.4 is 14.9 Å². The van der Waals surface area contributed by atoms with Crippen LogP contribution >= 0.6 is 11.6 Å². The third kappa shape index (κ3) is 4.53. The summed E-state index contributed by atoms with van der Waals surface area (Å²) in [5.41, 5.74) is 2.72. The molecule has 0 radical (unpaired) electrons. The van der Waals surface area contributed by atoms with Crippen molar-refractivity contribution in [2.75, 3.05) is 7.11 Å². The van der Waals surface area contributed by atoms with Gasteiger partial charge in [-0.3, -0.25) is 9.59 Å². The number of hydrogen-bond acceptors (Lipinski definition) is 5. The number of halogens is 1. The van der Waals surface area contributed by atoms with Crippen molar-refractivity contribution in [3.8, 4) is 17.2 Å². The second-order valence-electron chi connectivity index (χ2n) is 9.44. The summed E-state index contributed by atoms with van der Waals surface area (Å²) >= 11 is 6.37. The molecule has 0 spiro atoms. The van der Waals surface area contributed by atoms with Gasteiger partial charge in [-0.2, -0.15) is 0 Å². The van der Waals surface area contributed by atoms with Gasteiger partial charge in [0, 0.05) is 11.6 Å². The highest BCUT2D eigenvalue weighted by molar-refractivity contribution is 6.32. The molecule has 0 aliphatic carbocycles. The first-order valence-electron chi connectivity index (χ1n) is 12.5. The van der Waals surface area contributed by atoms with Crippen LogP contribution in [-0.2, 0) is 6.54 Å². The molecule has 0 fully saturated rings. The van der Waals surface area contributed by atoms with Crippen molar-refractivity contribution < 1.29 is 18.7 Å². The van der Waals surface area contributed by atoms with Gasteiger partial charge in [-0.05, 0) is 72.1 Å². The van der Waals surface area contributed by atoms with E-state index in [9.17, 15) is 9.59 Å². The van der Waals surface area contributed by atoms with Crippen molar-refractivity contribution in [3.63, 3.8) is 0 Å². The molecule has 1 amide bonds. The summed E-state index contributed by atoms with van der Waals surface area (Å²) in [6, 6.07) is 27.0. The average Bonchev–Trinajstić information content (AvgIpc) is 3.22. The van der Waals surface area contributed by atoms with E-state index in [0.717, 1.165) is 16.7 Å². The zero-order chi connectivity index (χ0) is 27.1. The number of rotatable bonds is 6. The Kier molecular flexibility index (Phi) is 6.33. The molecular formula is C32H24ClNO5. The van der Waals surface area contributed by atoms with Gasteiger partial charge in [0.2, 0.25) is 5.76 Å². The minimum absolute atomic E-state index is 0.0436. The van der Waals surface area contributed by atoms with E-state index >= 15 is 0 Å². The van der Waals surface area contributed by atoms with E-state index in [1.807, 2.05) is 85.8 Å². The number of ether oxygens (including phenoxy) is 2. The van der Waals surface area contributed by atoms with Gasteiger partial charge in [0.15, 0.2) is 5.43 Å². The number of aryl methyl sites for hydroxylation is 1. The summed E-state index contributed by atoms with van der Waals surface area (Å²) in [5.74, 6) is 1.68. The highest BCUT2D eigenvalue weighted by atomic mass is 35.5. The summed E-state index contributed by atoms with van der Waals surface area (Å²) in [5, 5.41) is 0.800. The van der Waals surface area contributed by atoms with Crippen LogP contribution in [0.25, 0.3) is 11.0 Å². The molecule has 194 valence electrons. The molecule has 7 heteroatoms. The largest absolute Gasteiger partial charge is 0.497 e. The maximum atomic E-state index is 13.9. The lowest BCUT2D eigenvalue weighted by molar-refractivity contribution is 0.0714. The SMILES string of the molecule is COc1ccc(CN2C(=O)c3oc4cc(C)c(Cl)cc4c(=O)c3C2c2cccc(Oc3ccccc3)c2)cc1. The summed E-state index contributed by atoms with van der Waals surface area (Å²) in [4.78, 5) is 29.4. The molecule has 1 aliphatic heterocycles. The first-order valence-corrected chi connectivity index (χ1v) is 12.8. The minimum Gasteiger partial charge on any atom is -0.497 e. The van der Waals surface area contributed by atoms with E-state index in [4.69, 9.17) is 25.5 Å². The van der Waals surface area contributed by atoms with Crippen LogP contribution in [0, 0.1) is 6.92 Å². The van der Waals surface area contributed by atoms with Gasteiger partial charge >= 0.3 is 0 Å². The molecule has 0 saturated carbocycles. The number of methoxy groups -OCH3 is 1. The number of amides is 1. The number of carbonyl (C=O) groups is 1. The van der Waals surface area contributed by atoms with Gasteiger partial charge in [-0.15, -0.1) is 0 Å². The van der Waals surface area contributed by atoms with Gasteiger partial charge in [0.1, 0.15) is 22.8 Å². The lowest BCUT2D eigenvalue weighted by Gasteiger charge is -2.25. The lowest BCUT2D eigenvalue weighted by atomic mass is 9.97. The first kappa shape index (κ1) is 24.8. The third-order valence-electron chi connectivity index (χ3n) is 6.91. The molecule has 0 bridgehead atoms. The Bertz CT molecular complexity index is 1760. The molecule has 1 atom stereocenters. The van der Waals surface area contributed by atoms with Crippen LogP contribution in [0.1, 0.15) is 38.9 Å². The highest BCUT2D eigenvalue weighted by Gasteiger charge is 2.43. The van der Waals surface area contributed by atoms with E-state index in [1.165, 1.54) is 0 Å². The van der Waals surface area contributed by atoms with Crippen LogP contribution in [0.3, 0.4) is 0 Å². The Morgan fingerprint density at radius 2 is 1.62 bits per heavy atom. The van der Waals surface area contributed by atoms with Gasteiger partial charge in [-0.1, -0.05) is 54.1 Å². The van der Waals surface area contributed by atoms with Gasteiger partial charge < -0.3 is 18.8 Å². The van der Waals surface area contributed by atoms with E-state index in [-0.39, 0.29) is 29.2 Å². The van der Waals surface area contributed by atoms with E-state index in [2.05, 4.69) is 0 Å². The number of carbonyl (C=O) groups excluding carboxylic acids is 1. The Balaban J connectivity index is 1.50. The topological polar surface area (TPSA) is 69.0 Å². The van der Waals surface area contributed by atoms with Crippen molar-refractivity contribution in [1.82, 2.24) is 4.90 Å². The molecule has 1 aliphatic rings. The number of hydrogen-bond donors (Lipinski definition) is 0. The molecule has 2 heterocycles. The maximum Gasteiger partial charge on any atom is 0.291 e. The van der Waals surface area contributed by atoms with Crippen molar-refractivity contribution in [3.05, 3.63) is 134 Å². The van der Waals surface area contributed by atoms with E-state index in [0.29, 0.717) is 33.2 Å². The minimum atomic E-state index is -0.686. The van der Waals surface area contributed by atoms with Crippen LogP contribution in [-0.4, -0.2) is 17.9 Å². The van der Waals surface area contributed by atoms with E-state index in [1.54, 1.807) is 24.1 Å². The smallest absolute Gasteiger partial charge is 0.291 e. The Labute approximate surface area is 230 Å². The first-order chi connectivity index (χ1) is 18.9. The Morgan fingerprint density at radius 1 is 0.872 bits per heavy atom. The molecule has 6 nitrogen and oxygen atoms in total. The fraction of sp³-hybridized carbons (Fsp3) is 0.125. The second-order valence-corrected chi connectivity index (χ2v) is 9.85. The van der Waals surface area contributed by atoms with Crippen LogP contribution in [0.4, 0.5) is 0 Å². The molecule has 39 heavy (non-hydrogen) atoms. The number of para-hydroxylation sites is 1. The van der Waals surface area contributed by atoms with Crippen LogP contribution in [0.2, 0.25) is 5.02 Å². The maximum absolute atomic E-state index is 13.9. The molecular weight excluding hydrogens is 514 g/mol. The van der Waals surface area contributed by atoms with E-state index < -0.39 is 6.04 Å². The van der Waals surface area contributed by atoms with Gasteiger partial charge in [0.05, 0.1) is 24.1 Å². The third-order valence-corrected chi connectivity index (χ3v) is 7.32. The fourth-order valence-corrected chi connectivity index (χ4v) is 5.11. The monoisotopic (exact) mass is 537 g/mol. The van der Waals surface area contributed by atoms with Gasteiger partial charge in [-0.25, -0.2) is 0 Å². The number of benzene rings is 4. The summed E-state index contributed by atoms with van der Waals surface area (Å²) in [7, 11) is 1.60. The Hall–Kier alpha value is -4.55. The Morgan fingerprint density at radius 3 is 2.36 bits per heavy atom. The number of nitrogens with zero attached hydrogens (tertiary/aromatic N) is 1. The molecule has 0 saturated heterocycles. The molecule has 4 aromatic carbocycles. The zero-order valence-electron chi connectivity index (χ0n) is 21.3. The quantitative estimate of drug-likeness (QED) is 0.227. The predicted octanol–water partition coefficient (Wildman–Crippen LogP) is 7.30. The van der Waals surface area contributed by atoms with Crippen molar-refractivity contribution in [1.29, 1.82) is 0 Å². The van der Waals surface area contributed by atoms with Crippen molar-refractivity contribution in [2.45, 2.75) is 19.5 Å². The summed E-state index contributed by atoms with van der Waals surface area (Å²) in [6.07, 6.45) is 0. The normalized spacial score (nSPS) is 14.5. The second kappa shape index (κ2) is 9.97. The molecule has 5 aromatic rings. The lowest BCUT2D eigenvalue weighted by Crippen LogP contribution is -2.29. The molecule has 0 N–H and O–H groups in total. The molecule has 6 rings (SSSR count). The van der Waals surface area contributed by atoms with Crippen LogP contribution in [0.5, 0.6) is 17.2 Å². The zero-order valence-corrected chi connectivity index (χ0v) is 22.1. The van der Waals surface area contributed by atoms with Gasteiger partial charge in [0.25, 0.3) is 5.91 Å². The number of fused-ring (bicyclic) bond motifs is 2. The average molecular weight is 538 g/mol. The van der Waals surface area contributed by atoms with Crippen molar-refractivity contribution in [2.24, 2.45) is 0 Å². The summed E-state index contributed by atoms with van der Waals surface area (Å²) in [6.45, 7) is 2.09. The fourth-order valence-electron chi connectivity index (χ4n) is 4.95. The van der Waals surface area contributed by atoms with Crippen LogP contribution in [0.15, 0.2) is 100 Å². The van der Waals surface area contributed by atoms with Crippen molar-refractivity contribution >= 4 is 28.5 Å². The highest BCUT2D eigenvalue weighted by Crippen LogP contribution is 2.41. The standard InChI is InChI=1S/C32H24ClNO5/c1-19-15-27-25(17-26(19)33)30(35)28-29(21-7-6-10-24(16-21)38-23-8-4-3-5-9-23)34(32(36)31(28)39-27)18-20-11-13-22(37-2)14-12-20/h3-17,29H,18H2,1-2H3. The molecule has 1 unspecified atom stereocenters.